The van der Waals surface area contributed by atoms with E-state index in [4.69, 9.17) is 4.74 Å². The highest BCUT2D eigenvalue weighted by Crippen LogP contribution is 2.16. The average Bonchev–Trinajstić information content (AvgIpc) is 2.80. The molecule has 1 heterocycles. The zero-order valence-corrected chi connectivity index (χ0v) is 12.3. The molecule has 0 aliphatic carbocycles. The molecule has 0 spiro atoms. The van der Waals surface area contributed by atoms with Crippen molar-refractivity contribution in [3.05, 3.63) is 35.7 Å². The lowest BCUT2D eigenvalue weighted by Crippen LogP contribution is -2.25. The van der Waals surface area contributed by atoms with Crippen molar-refractivity contribution in [2.75, 3.05) is 11.9 Å². The van der Waals surface area contributed by atoms with Gasteiger partial charge in [0.05, 0.1) is 6.54 Å². The summed E-state index contributed by atoms with van der Waals surface area (Å²) in [6.07, 6.45) is 1.07. The topological polar surface area (TPSA) is 47.0 Å². The quantitative estimate of drug-likeness (QED) is 0.879. The zero-order chi connectivity index (χ0) is 13.7. The molecule has 0 amide bonds. The Kier molecular flexibility index (Phi) is 4.74. The van der Waals surface area contributed by atoms with Gasteiger partial charge in [-0.25, -0.2) is 4.98 Å². The van der Waals surface area contributed by atoms with Gasteiger partial charge in [0.2, 0.25) is 5.13 Å². The molecule has 1 unspecified atom stereocenters. The van der Waals surface area contributed by atoms with E-state index in [-0.39, 0.29) is 6.10 Å². The second kappa shape index (κ2) is 6.52. The fraction of sp³-hybridized carbons (Fsp3) is 0.429. The van der Waals surface area contributed by atoms with Gasteiger partial charge in [-0.3, -0.25) is 0 Å². The van der Waals surface area contributed by atoms with E-state index in [0.717, 1.165) is 29.7 Å². The Hall–Kier alpha value is -1.62. The summed E-state index contributed by atoms with van der Waals surface area (Å²) < 4.78 is 10.1. The molecule has 0 aliphatic rings. The molecule has 0 saturated heterocycles. The molecule has 0 bridgehead atoms. The van der Waals surface area contributed by atoms with Gasteiger partial charge >= 0.3 is 0 Å². The molecular formula is C14H19N3OS. The van der Waals surface area contributed by atoms with Gasteiger partial charge in [-0.2, -0.15) is 4.37 Å². The highest BCUT2D eigenvalue weighted by atomic mass is 32.1. The monoisotopic (exact) mass is 277 g/mol. The van der Waals surface area contributed by atoms with Crippen molar-refractivity contribution in [1.82, 2.24) is 9.36 Å². The minimum absolute atomic E-state index is 0.131. The molecule has 0 radical (unpaired) electrons. The molecule has 1 N–H and O–H groups in total. The van der Waals surface area contributed by atoms with Crippen LogP contribution in [0.1, 0.15) is 24.7 Å². The van der Waals surface area contributed by atoms with Crippen LogP contribution in [0.5, 0.6) is 5.75 Å². The van der Waals surface area contributed by atoms with E-state index in [1.54, 1.807) is 0 Å². The minimum Gasteiger partial charge on any atom is -0.489 e. The molecule has 0 aliphatic heterocycles. The summed E-state index contributed by atoms with van der Waals surface area (Å²) in [5.74, 6) is 1.72. The Morgan fingerprint density at radius 3 is 2.84 bits per heavy atom. The second-order valence-electron chi connectivity index (χ2n) is 4.49. The lowest BCUT2D eigenvalue weighted by molar-refractivity contribution is 0.210. The van der Waals surface area contributed by atoms with Gasteiger partial charge in [-0.15, -0.1) is 0 Å². The van der Waals surface area contributed by atoms with E-state index in [1.165, 1.54) is 17.1 Å². The van der Waals surface area contributed by atoms with E-state index in [2.05, 4.69) is 40.7 Å². The van der Waals surface area contributed by atoms with Gasteiger partial charge in [0, 0.05) is 11.5 Å². The lowest BCUT2D eigenvalue weighted by Gasteiger charge is -2.18. The second-order valence-corrected chi connectivity index (χ2v) is 5.24. The van der Waals surface area contributed by atoms with Crippen molar-refractivity contribution in [2.24, 2.45) is 0 Å². The first-order chi connectivity index (χ1) is 9.17. The summed E-state index contributed by atoms with van der Waals surface area (Å²) in [6, 6.07) is 8.12. The average molecular weight is 277 g/mol. The smallest absolute Gasteiger partial charge is 0.202 e. The fourth-order valence-electron chi connectivity index (χ4n) is 1.72. The van der Waals surface area contributed by atoms with Crippen molar-refractivity contribution in [2.45, 2.75) is 33.3 Å². The van der Waals surface area contributed by atoms with Crippen LogP contribution in [0.2, 0.25) is 0 Å². The van der Waals surface area contributed by atoms with Crippen LogP contribution in [-0.2, 0) is 0 Å². The standard InChI is InChI=1S/C14H19N3OS/c1-4-12(9-15-14-16-11(3)17-19-14)18-13-7-5-6-10(2)8-13/h5-8,12H,4,9H2,1-3H3,(H,15,16,17). The molecule has 19 heavy (non-hydrogen) atoms. The van der Waals surface area contributed by atoms with Crippen LogP contribution < -0.4 is 10.1 Å². The summed E-state index contributed by atoms with van der Waals surface area (Å²) in [5.41, 5.74) is 1.21. The number of rotatable bonds is 6. The van der Waals surface area contributed by atoms with Crippen molar-refractivity contribution in [3.63, 3.8) is 0 Å². The Morgan fingerprint density at radius 2 is 2.21 bits per heavy atom. The number of nitrogens with one attached hydrogen (secondary N) is 1. The Bertz CT molecular complexity index is 527. The first-order valence-corrected chi connectivity index (χ1v) is 7.22. The Balaban J connectivity index is 1.89. The molecule has 102 valence electrons. The first-order valence-electron chi connectivity index (χ1n) is 6.45. The van der Waals surface area contributed by atoms with Gasteiger partial charge in [-0.05, 0) is 38.0 Å². The number of hydrogen-bond acceptors (Lipinski definition) is 5. The number of nitrogens with zero attached hydrogens (tertiary/aromatic N) is 2. The third-order valence-electron chi connectivity index (χ3n) is 2.76. The molecule has 0 fully saturated rings. The van der Waals surface area contributed by atoms with Gasteiger partial charge in [0.1, 0.15) is 17.7 Å². The number of benzene rings is 1. The molecular weight excluding hydrogens is 258 g/mol. The number of aromatic nitrogens is 2. The minimum atomic E-state index is 0.131. The third-order valence-corrected chi connectivity index (χ3v) is 3.52. The SMILES string of the molecule is CCC(CNc1nc(C)ns1)Oc1cccc(C)c1. The molecule has 0 saturated carbocycles. The van der Waals surface area contributed by atoms with Gasteiger partial charge in [0.25, 0.3) is 0 Å². The highest BCUT2D eigenvalue weighted by Gasteiger charge is 2.09. The van der Waals surface area contributed by atoms with E-state index in [9.17, 15) is 0 Å². The first kappa shape index (κ1) is 13.8. The number of hydrogen-bond donors (Lipinski definition) is 1. The van der Waals surface area contributed by atoms with Crippen LogP contribution in [-0.4, -0.2) is 22.0 Å². The van der Waals surface area contributed by atoms with E-state index < -0.39 is 0 Å². The molecule has 5 heteroatoms. The van der Waals surface area contributed by atoms with Crippen molar-refractivity contribution in [1.29, 1.82) is 0 Å². The van der Waals surface area contributed by atoms with E-state index in [0.29, 0.717) is 0 Å². The Morgan fingerprint density at radius 1 is 1.37 bits per heavy atom. The maximum absolute atomic E-state index is 5.97. The van der Waals surface area contributed by atoms with Crippen LogP contribution in [0.25, 0.3) is 0 Å². The number of aryl methyl sites for hydroxylation is 2. The normalized spacial score (nSPS) is 12.2. The van der Waals surface area contributed by atoms with Crippen LogP contribution in [0.15, 0.2) is 24.3 Å². The molecule has 1 aromatic heterocycles. The summed E-state index contributed by atoms with van der Waals surface area (Å²) in [5, 5.41) is 4.12. The predicted molar refractivity (Wildman–Crippen MR) is 79.0 cm³/mol. The van der Waals surface area contributed by atoms with Crippen LogP contribution in [0.3, 0.4) is 0 Å². The predicted octanol–water partition coefficient (Wildman–Crippen LogP) is 3.42. The fourth-order valence-corrected chi connectivity index (χ4v) is 2.30. The molecule has 2 aromatic rings. The van der Waals surface area contributed by atoms with Crippen LogP contribution >= 0.6 is 11.5 Å². The zero-order valence-electron chi connectivity index (χ0n) is 11.5. The van der Waals surface area contributed by atoms with Crippen molar-refractivity contribution >= 4 is 16.7 Å². The van der Waals surface area contributed by atoms with Crippen LogP contribution in [0, 0.1) is 13.8 Å². The number of ether oxygens (including phenoxy) is 1. The third kappa shape index (κ3) is 4.21. The van der Waals surface area contributed by atoms with Crippen molar-refractivity contribution in [3.8, 4) is 5.75 Å². The maximum Gasteiger partial charge on any atom is 0.202 e. The molecule has 2 rings (SSSR count). The highest BCUT2D eigenvalue weighted by molar-refractivity contribution is 7.09. The van der Waals surface area contributed by atoms with Gasteiger partial charge < -0.3 is 10.1 Å². The Labute approximate surface area is 118 Å². The summed E-state index contributed by atoms with van der Waals surface area (Å²) in [7, 11) is 0. The van der Waals surface area contributed by atoms with Crippen molar-refractivity contribution < 1.29 is 4.74 Å². The maximum atomic E-state index is 5.97. The van der Waals surface area contributed by atoms with Gasteiger partial charge in [0.15, 0.2) is 0 Å². The number of anilines is 1. The largest absolute Gasteiger partial charge is 0.489 e. The molecule has 4 nitrogen and oxygen atoms in total. The summed E-state index contributed by atoms with van der Waals surface area (Å²) >= 11 is 1.38. The van der Waals surface area contributed by atoms with E-state index >= 15 is 0 Å². The lowest BCUT2D eigenvalue weighted by atomic mass is 10.2. The van der Waals surface area contributed by atoms with E-state index in [1.807, 2.05) is 19.1 Å². The van der Waals surface area contributed by atoms with Crippen LogP contribution in [0.4, 0.5) is 5.13 Å². The molecule has 1 atom stereocenters. The summed E-state index contributed by atoms with van der Waals surface area (Å²) in [6.45, 7) is 6.81. The van der Waals surface area contributed by atoms with Gasteiger partial charge in [-0.1, -0.05) is 19.1 Å². The summed E-state index contributed by atoms with van der Waals surface area (Å²) in [4.78, 5) is 4.28. The molecule has 1 aromatic carbocycles.